The Balaban J connectivity index is 0.000000340. The number of rotatable bonds is 1. The van der Waals surface area contributed by atoms with Gasteiger partial charge in [-0.1, -0.05) is 115 Å². The van der Waals surface area contributed by atoms with Crippen molar-refractivity contribution >= 4 is 72.2 Å². The smallest absolute Gasteiger partial charge is 0.497 e. The van der Waals surface area contributed by atoms with Gasteiger partial charge in [0.1, 0.15) is 28.4 Å². The Kier molecular flexibility index (Phi) is 6.21. The van der Waals surface area contributed by atoms with Crippen molar-refractivity contribution in [3.63, 3.8) is 0 Å². The number of methoxy groups -OCH3 is 1. The van der Waals surface area contributed by atoms with Crippen LogP contribution in [0.1, 0.15) is 22.3 Å². The summed E-state index contributed by atoms with van der Waals surface area (Å²) in [5.41, 5.74) is 5.64. The highest BCUT2D eigenvalue weighted by molar-refractivity contribution is 6.37. The Morgan fingerprint density at radius 1 is 0.408 bits per heavy atom. The summed E-state index contributed by atoms with van der Waals surface area (Å²) in [6.07, 6.45) is 0. The van der Waals surface area contributed by atoms with Crippen LogP contribution in [0.4, 0.5) is 11.6 Å². The standard InChI is InChI=1S/C32H16N8.C7H8O.Al.H/c1-2-10-18-17(9-1)25-33-26(18)38-28-21-13-5-6-14-22(21)30(35-28)40-32-24-16-8-7-15-23(24)31(36-32)39-29-20-12-4-3-11-19(20)27(34-29)37-25;1-8-7-5-3-2-4-6-7;;/h1-16H;2-6H,1H3;;/q-2;;+2;. The monoisotopic (exact) mass is 648 g/mol. The van der Waals surface area contributed by atoms with Gasteiger partial charge in [-0.25, -0.2) is 30.0 Å². The van der Waals surface area contributed by atoms with Gasteiger partial charge in [0, 0.05) is 43.8 Å². The summed E-state index contributed by atoms with van der Waals surface area (Å²) in [7, 11) is 1.66. The molecule has 10 heteroatoms. The first kappa shape index (κ1) is 27.9. The molecule has 11 rings (SSSR count). The molecule has 0 N–H and O–H groups in total. The number of para-hydroxylation sites is 1. The van der Waals surface area contributed by atoms with Crippen molar-refractivity contribution in [1.29, 1.82) is 0 Å². The Hall–Kier alpha value is -6.21. The van der Waals surface area contributed by atoms with Crippen LogP contribution < -0.4 is 15.7 Å². The van der Waals surface area contributed by atoms with E-state index < -0.39 is 15.7 Å². The summed E-state index contributed by atoms with van der Waals surface area (Å²) >= 11 is -1.35. The van der Waals surface area contributed by atoms with E-state index in [4.69, 9.17) is 34.7 Å². The van der Waals surface area contributed by atoms with Crippen molar-refractivity contribution in [3.05, 3.63) is 161 Å². The molecule has 0 spiro atoms. The minimum atomic E-state index is -1.35. The zero-order valence-electron chi connectivity index (χ0n) is 26.3. The third-order valence-electron chi connectivity index (χ3n) is 9.19. The molecule has 49 heavy (non-hydrogen) atoms. The number of aromatic nitrogens is 2. The third kappa shape index (κ3) is 4.32. The minimum Gasteiger partial charge on any atom is -0.497 e. The van der Waals surface area contributed by atoms with E-state index in [1.54, 1.807) is 7.11 Å². The van der Waals surface area contributed by atoms with E-state index in [1.807, 2.05) is 54.6 Å². The first-order valence-corrected chi connectivity index (χ1v) is 17.3. The van der Waals surface area contributed by atoms with Crippen molar-refractivity contribution in [2.45, 2.75) is 0 Å². The number of benzene rings is 5. The number of hydrogen-bond donors (Lipinski definition) is 0. The van der Waals surface area contributed by atoms with Crippen molar-refractivity contribution in [3.8, 4) is 5.75 Å². The van der Waals surface area contributed by atoms with Gasteiger partial charge >= 0.3 is 15.7 Å². The van der Waals surface area contributed by atoms with Crippen molar-refractivity contribution in [2.24, 2.45) is 30.0 Å². The summed E-state index contributed by atoms with van der Waals surface area (Å²) in [6.45, 7) is 0. The van der Waals surface area contributed by atoms with Crippen LogP contribution in [0.5, 0.6) is 5.75 Å². The molecule has 0 atom stereocenters. The number of amidine groups is 4. The molecular weight excluding hydrogens is 623 g/mol. The molecule has 4 aliphatic heterocycles. The normalized spacial score (nSPS) is 14.4. The highest BCUT2D eigenvalue weighted by Crippen LogP contribution is 2.39. The zero-order chi connectivity index (χ0) is 32.5. The minimum absolute atomic E-state index is 0.671. The second-order valence-electron chi connectivity index (χ2n) is 12.0. The molecule has 0 fully saturated rings. The second kappa shape index (κ2) is 10.9. The summed E-state index contributed by atoms with van der Waals surface area (Å²) in [6, 6.07) is 42.8. The predicted octanol–water partition coefficient (Wildman–Crippen LogP) is 5.90. The van der Waals surface area contributed by atoms with Gasteiger partial charge in [0.15, 0.2) is 23.3 Å². The third-order valence-corrected chi connectivity index (χ3v) is 11.0. The average Bonchev–Trinajstić information content (AvgIpc) is 3.86. The Bertz CT molecular complexity index is 2620. The largest absolute Gasteiger partial charge is 0.563 e. The molecule has 2 aromatic heterocycles. The van der Waals surface area contributed by atoms with Gasteiger partial charge in [-0.05, 0) is 12.1 Å². The number of fused-ring (bicyclic) bond motifs is 14. The van der Waals surface area contributed by atoms with E-state index in [0.29, 0.717) is 23.3 Å². The van der Waals surface area contributed by atoms with E-state index >= 15 is 0 Å². The number of aliphatic imine (C=N–C) groups is 4. The summed E-state index contributed by atoms with van der Waals surface area (Å²) in [4.78, 5) is 31.0. The quantitative estimate of drug-likeness (QED) is 0.204. The maximum atomic E-state index is 5.26. The second-order valence-corrected chi connectivity index (χ2v) is 13.5. The lowest BCUT2D eigenvalue weighted by Gasteiger charge is -2.11. The summed E-state index contributed by atoms with van der Waals surface area (Å²) in [5.74, 6) is 5.31. The fourth-order valence-electron chi connectivity index (χ4n) is 6.91. The van der Waals surface area contributed by atoms with Gasteiger partial charge in [-0.15, -0.1) is 0 Å². The lowest BCUT2D eigenvalue weighted by atomic mass is 10.1. The zero-order valence-corrected chi connectivity index (χ0v) is 27.7. The molecule has 0 radical (unpaired) electrons. The van der Waals surface area contributed by atoms with E-state index in [0.717, 1.165) is 72.2 Å². The van der Waals surface area contributed by atoms with Gasteiger partial charge in [-0.3, -0.25) is 0 Å². The number of hydrogen-bond acceptors (Lipinski definition) is 7. The maximum absolute atomic E-state index is 5.26. The topological polar surface area (TPSA) is 93.2 Å². The Morgan fingerprint density at radius 3 is 1.22 bits per heavy atom. The molecule has 4 aliphatic rings. The van der Waals surface area contributed by atoms with E-state index in [1.165, 1.54) is 0 Å². The average molecular weight is 649 g/mol. The van der Waals surface area contributed by atoms with Gasteiger partial charge in [-0.2, -0.15) is 0 Å². The fraction of sp³-hybridized carbons (Fsp3) is 0.0256. The highest BCUT2D eigenvalue weighted by atomic mass is 27.1. The molecule has 5 aromatic carbocycles. The molecule has 0 aliphatic carbocycles. The van der Waals surface area contributed by atoms with Gasteiger partial charge < -0.3 is 11.8 Å². The first-order chi connectivity index (χ1) is 24.2. The first-order valence-electron chi connectivity index (χ1n) is 16.0. The van der Waals surface area contributed by atoms with Crippen molar-refractivity contribution < 1.29 is 4.74 Å². The number of ether oxygens (including phenoxy) is 1. The van der Waals surface area contributed by atoms with Crippen LogP contribution in [-0.2, 0) is 0 Å². The fourth-order valence-corrected chi connectivity index (χ4v) is 8.69. The van der Waals surface area contributed by atoms with E-state index in [2.05, 4.69) is 79.9 Å². The Morgan fingerprint density at radius 2 is 0.796 bits per heavy atom. The molecule has 9 nitrogen and oxygen atoms in total. The maximum Gasteiger partial charge on any atom is 0.563 e. The molecule has 0 unspecified atom stereocenters. The van der Waals surface area contributed by atoms with E-state index in [9.17, 15) is 0 Å². The predicted molar refractivity (Wildman–Crippen MR) is 195 cm³/mol. The van der Waals surface area contributed by atoms with Crippen LogP contribution >= 0.6 is 0 Å². The van der Waals surface area contributed by atoms with Gasteiger partial charge in [0.25, 0.3) is 0 Å². The summed E-state index contributed by atoms with van der Waals surface area (Å²) in [5, 5.41) is 4.16. The van der Waals surface area contributed by atoms with Crippen LogP contribution in [0.2, 0.25) is 0 Å². The van der Waals surface area contributed by atoms with Crippen LogP contribution in [0, 0.1) is 0 Å². The lowest BCUT2D eigenvalue weighted by Crippen LogP contribution is -2.36. The van der Waals surface area contributed by atoms with Crippen LogP contribution in [0.25, 0.3) is 21.5 Å². The van der Waals surface area contributed by atoms with Gasteiger partial charge in [0.2, 0.25) is 0 Å². The molecule has 0 saturated carbocycles. The van der Waals surface area contributed by atoms with Crippen molar-refractivity contribution in [2.75, 3.05) is 7.11 Å². The molecule has 6 bridgehead atoms. The van der Waals surface area contributed by atoms with Crippen LogP contribution in [-0.4, -0.2) is 53.2 Å². The van der Waals surface area contributed by atoms with Crippen LogP contribution in [0.15, 0.2) is 157 Å². The molecule has 6 heterocycles. The molecule has 230 valence electrons. The molecule has 0 saturated heterocycles. The van der Waals surface area contributed by atoms with Gasteiger partial charge in [0.05, 0.1) is 7.11 Å². The van der Waals surface area contributed by atoms with Crippen LogP contribution in [0.3, 0.4) is 0 Å². The number of nitrogens with zero attached hydrogens (tertiary/aromatic N) is 8. The van der Waals surface area contributed by atoms with E-state index in [-0.39, 0.29) is 0 Å². The SMILES string of the molecule is COc1ccccc1.c1ccc2c(c1)C1=NC2=Nc2c3ccccc3c3[n]2[AlH][n]2c(c4ccccc4c2=NC2=NC(=N3)c3ccccc32)=N1. The van der Waals surface area contributed by atoms with Crippen molar-refractivity contribution in [1.82, 2.24) is 7.10 Å². The molecular formula is C39H25AlN8O. The lowest BCUT2D eigenvalue weighted by molar-refractivity contribution is 0.415. The Labute approximate surface area is 286 Å². The molecule has 7 aromatic rings. The molecule has 0 amide bonds. The highest BCUT2D eigenvalue weighted by Gasteiger charge is 2.30. The summed E-state index contributed by atoms with van der Waals surface area (Å²) < 4.78 is 9.51.